The number of para-hydroxylation sites is 2. The fraction of sp³-hybridized carbons (Fsp3) is 0.500. The van der Waals surface area contributed by atoms with Crippen molar-refractivity contribution < 1.29 is 27.4 Å². The van der Waals surface area contributed by atoms with Crippen LogP contribution in [-0.2, 0) is 9.53 Å². The molecule has 116 valence electrons. The van der Waals surface area contributed by atoms with Crippen LogP contribution < -0.4 is 10.1 Å². The van der Waals surface area contributed by atoms with Crippen molar-refractivity contribution in [3.05, 3.63) is 24.3 Å². The van der Waals surface area contributed by atoms with E-state index in [1.807, 2.05) is 0 Å². The predicted molar refractivity (Wildman–Crippen MR) is 69.9 cm³/mol. The summed E-state index contributed by atoms with van der Waals surface area (Å²) in [4.78, 5) is 11.8. The van der Waals surface area contributed by atoms with E-state index in [9.17, 15) is 18.0 Å². The summed E-state index contributed by atoms with van der Waals surface area (Å²) in [5, 5.41) is 2.26. The van der Waals surface area contributed by atoms with Gasteiger partial charge >= 0.3 is 12.1 Å². The minimum Gasteiger partial charge on any atom is -0.460 e. The molecule has 0 spiro atoms. The lowest BCUT2D eigenvalue weighted by atomic mass is 10.1. The van der Waals surface area contributed by atoms with E-state index in [0.717, 1.165) is 0 Å². The van der Waals surface area contributed by atoms with E-state index < -0.39 is 29.9 Å². The van der Waals surface area contributed by atoms with Gasteiger partial charge in [0.1, 0.15) is 17.8 Å². The first-order valence-corrected chi connectivity index (χ1v) is 6.37. The first-order chi connectivity index (χ1) is 9.52. The van der Waals surface area contributed by atoms with Gasteiger partial charge in [0, 0.05) is 0 Å². The van der Waals surface area contributed by atoms with Crippen molar-refractivity contribution >= 4 is 11.7 Å². The van der Waals surface area contributed by atoms with Crippen LogP contribution >= 0.6 is 0 Å². The minimum absolute atomic E-state index is 0.0541. The Morgan fingerprint density at radius 2 is 1.90 bits per heavy atom. The molecule has 1 aromatic carbocycles. The quantitative estimate of drug-likeness (QED) is 0.850. The highest BCUT2D eigenvalue weighted by atomic mass is 19.4. The van der Waals surface area contributed by atoms with Gasteiger partial charge < -0.3 is 14.8 Å². The van der Waals surface area contributed by atoms with E-state index in [4.69, 9.17) is 9.47 Å². The number of benzene rings is 1. The van der Waals surface area contributed by atoms with Crippen molar-refractivity contribution in [3.8, 4) is 5.75 Å². The van der Waals surface area contributed by atoms with Gasteiger partial charge in [0.25, 0.3) is 5.72 Å². The van der Waals surface area contributed by atoms with Crippen molar-refractivity contribution in [1.82, 2.24) is 0 Å². The third kappa shape index (κ3) is 3.22. The van der Waals surface area contributed by atoms with Gasteiger partial charge in [0.05, 0.1) is 5.69 Å². The van der Waals surface area contributed by atoms with Crippen LogP contribution in [0.5, 0.6) is 5.75 Å². The number of ether oxygens (including phenoxy) is 2. The lowest BCUT2D eigenvalue weighted by molar-refractivity contribution is -0.238. The van der Waals surface area contributed by atoms with Gasteiger partial charge in [0.15, 0.2) is 0 Å². The van der Waals surface area contributed by atoms with Gasteiger partial charge in [-0.25, -0.2) is 0 Å². The van der Waals surface area contributed by atoms with Crippen LogP contribution in [0, 0.1) is 0 Å². The summed E-state index contributed by atoms with van der Waals surface area (Å²) < 4.78 is 50.1. The van der Waals surface area contributed by atoms with Crippen LogP contribution in [-0.4, -0.2) is 23.5 Å². The van der Waals surface area contributed by atoms with Crippen molar-refractivity contribution in [3.63, 3.8) is 0 Å². The van der Waals surface area contributed by atoms with Crippen molar-refractivity contribution in [2.24, 2.45) is 0 Å². The Kier molecular flexibility index (Phi) is 3.55. The number of nitrogens with one attached hydrogen (secondary N) is 1. The average Bonchev–Trinajstić information content (AvgIpc) is 2.64. The molecule has 0 saturated carbocycles. The maximum atomic E-state index is 13.4. The van der Waals surface area contributed by atoms with E-state index in [1.165, 1.54) is 12.1 Å². The van der Waals surface area contributed by atoms with Gasteiger partial charge in [0.2, 0.25) is 0 Å². The number of hydrogen-bond acceptors (Lipinski definition) is 4. The Labute approximate surface area is 120 Å². The van der Waals surface area contributed by atoms with Gasteiger partial charge in [-0.3, -0.25) is 4.79 Å². The maximum absolute atomic E-state index is 13.4. The van der Waals surface area contributed by atoms with Crippen LogP contribution in [0.4, 0.5) is 18.9 Å². The second-order valence-electron chi connectivity index (χ2n) is 5.81. The lowest BCUT2D eigenvalue weighted by Gasteiger charge is -2.31. The smallest absolute Gasteiger partial charge is 0.449 e. The molecule has 1 heterocycles. The van der Waals surface area contributed by atoms with Gasteiger partial charge in [-0.15, -0.1) is 0 Å². The third-order valence-corrected chi connectivity index (χ3v) is 2.78. The molecule has 4 nitrogen and oxygen atoms in total. The zero-order valence-electron chi connectivity index (χ0n) is 11.9. The highest BCUT2D eigenvalue weighted by molar-refractivity contribution is 5.74. The molecular formula is C14H16F3NO3. The molecule has 1 aliphatic rings. The number of rotatable bonds is 2. The molecule has 0 amide bonds. The Hall–Kier alpha value is -1.92. The maximum Gasteiger partial charge on any atom is 0.449 e. The summed E-state index contributed by atoms with van der Waals surface area (Å²) in [6.07, 6.45) is -5.74. The van der Waals surface area contributed by atoms with E-state index in [2.05, 4.69) is 5.32 Å². The Balaban J connectivity index is 2.25. The second kappa shape index (κ2) is 4.82. The van der Waals surface area contributed by atoms with E-state index in [-0.39, 0.29) is 11.4 Å². The number of fused-ring (bicyclic) bond motifs is 1. The molecule has 2 rings (SSSR count). The van der Waals surface area contributed by atoms with Gasteiger partial charge in [-0.2, -0.15) is 13.2 Å². The molecule has 1 aliphatic heterocycles. The van der Waals surface area contributed by atoms with Crippen LogP contribution in [0.3, 0.4) is 0 Å². The zero-order chi connectivity index (χ0) is 15.9. The van der Waals surface area contributed by atoms with E-state index in [1.54, 1.807) is 32.9 Å². The van der Waals surface area contributed by atoms with Crippen molar-refractivity contribution in [2.45, 2.75) is 44.7 Å². The molecule has 1 unspecified atom stereocenters. The summed E-state index contributed by atoms with van der Waals surface area (Å²) >= 11 is 0. The molecule has 7 heteroatoms. The monoisotopic (exact) mass is 303 g/mol. The number of alkyl halides is 3. The molecule has 1 atom stereocenters. The normalized spacial score (nSPS) is 21.2. The Bertz CT molecular complexity index is 524. The Morgan fingerprint density at radius 1 is 1.29 bits per heavy atom. The molecule has 0 bridgehead atoms. The zero-order valence-corrected chi connectivity index (χ0v) is 11.9. The average molecular weight is 303 g/mol. The van der Waals surface area contributed by atoms with Crippen LogP contribution in [0.15, 0.2) is 24.3 Å². The summed E-state index contributed by atoms with van der Waals surface area (Å²) in [6.45, 7) is 4.76. The molecular weight excluding hydrogens is 287 g/mol. The van der Waals surface area contributed by atoms with Crippen molar-refractivity contribution in [1.29, 1.82) is 0 Å². The summed E-state index contributed by atoms with van der Waals surface area (Å²) in [5.41, 5.74) is -3.47. The standard InChI is InChI=1S/C14H16F3NO3/c1-12(2,3)21-11(19)8-13(14(15,16)17)18-9-6-4-5-7-10(9)20-13/h4-7,18H,8H2,1-3H3. The van der Waals surface area contributed by atoms with E-state index >= 15 is 0 Å². The first kappa shape index (κ1) is 15.5. The summed E-state index contributed by atoms with van der Waals surface area (Å²) in [6, 6.07) is 6.00. The van der Waals surface area contributed by atoms with Gasteiger partial charge in [-0.1, -0.05) is 12.1 Å². The SMILES string of the molecule is CC(C)(C)OC(=O)CC1(C(F)(F)F)Nc2ccccc2O1. The third-order valence-electron chi connectivity index (χ3n) is 2.78. The fourth-order valence-corrected chi connectivity index (χ4v) is 1.98. The van der Waals surface area contributed by atoms with Crippen LogP contribution in [0.25, 0.3) is 0 Å². The number of halogens is 3. The molecule has 21 heavy (non-hydrogen) atoms. The number of carbonyl (C=O) groups excluding carboxylic acids is 1. The largest absolute Gasteiger partial charge is 0.460 e. The molecule has 0 saturated heterocycles. The summed E-state index contributed by atoms with van der Waals surface area (Å²) in [5.74, 6) is -0.932. The lowest BCUT2D eigenvalue weighted by Crippen LogP contribution is -2.55. The Morgan fingerprint density at radius 3 is 2.43 bits per heavy atom. The molecule has 0 aliphatic carbocycles. The van der Waals surface area contributed by atoms with Gasteiger partial charge in [-0.05, 0) is 32.9 Å². The highest BCUT2D eigenvalue weighted by Gasteiger charge is 2.62. The molecule has 1 N–H and O–H groups in total. The number of anilines is 1. The number of esters is 1. The highest BCUT2D eigenvalue weighted by Crippen LogP contribution is 2.46. The fourth-order valence-electron chi connectivity index (χ4n) is 1.98. The van der Waals surface area contributed by atoms with Crippen LogP contribution in [0.2, 0.25) is 0 Å². The number of hydrogen-bond donors (Lipinski definition) is 1. The van der Waals surface area contributed by atoms with E-state index in [0.29, 0.717) is 0 Å². The first-order valence-electron chi connectivity index (χ1n) is 6.37. The molecule has 1 aromatic rings. The number of carbonyl (C=O) groups is 1. The predicted octanol–water partition coefficient (Wildman–Crippen LogP) is 3.48. The topological polar surface area (TPSA) is 47.6 Å². The molecule has 0 fully saturated rings. The molecule has 0 aromatic heterocycles. The summed E-state index contributed by atoms with van der Waals surface area (Å²) in [7, 11) is 0. The van der Waals surface area contributed by atoms with Crippen molar-refractivity contribution in [2.75, 3.05) is 5.32 Å². The minimum atomic E-state index is -4.77. The molecule has 0 radical (unpaired) electrons. The second-order valence-corrected chi connectivity index (χ2v) is 5.81. The van der Waals surface area contributed by atoms with Crippen LogP contribution in [0.1, 0.15) is 27.2 Å².